The Labute approximate surface area is 202 Å². The molecule has 2 atom stereocenters. The number of allylic oxidation sites excluding steroid dienone is 1. The van der Waals surface area contributed by atoms with Crippen LogP contribution in [0, 0.1) is 0 Å². The summed E-state index contributed by atoms with van der Waals surface area (Å²) in [7, 11) is 1.69. The van der Waals surface area contributed by atoms with E-state index in [1.54, 1.807) is 7.05 Å². The van der Waals surface area contributed by atoms with Crippen LogP contribution in [0.2, 0.25) is 4.34 Å². The second kappa shape index (κ2) is 9.12. The van der Waals surface area contributed by atoms with E-state index in [0.717, 1.165) is 28.0 Å². The number of fused-ring (bicyclic) bond motifs is 1. The number of rotatable bonds is 7. The number of carboxylic acids is 1. The number of nitrogen functional groups attached to an aromatic ring is 1. The van der Waals surface area contributed by atoms with Gasteiger partial charge in [-0.15, -0.1) is 10.2 Å². The smallest absolute Gasteiger partial charge is 0.353 e. The van der Waals surface area contributed by atoms with E-state index in [1.165, 1.54) is 11.3 Å². The number of nitrogens with two attached hydrogens (primary N) is 1. The van der Waals surface area contributed by atoms with Crippen LogP contribution < -0.4 is 16.4 Å². The molecule has 174 valence electrons. The van der Waals surface area contributed by atoms with Crippen molar-refractivity contribution in [2.75, 3.05) is 18.1 Å². The minimum atomic E-state index is -1.26. The van der Waals surface area contributed by atoms with Gasteiger partial charge in [0.25, 0.3) is 11.8 Å². The van der Waals surface area contributed by atoms with E-state index >= 15 is 0 Å². The van der Waals surface area contributed by atoms with Crippen LogP contribution in [-0.2, 0) is 14.4 Å². The van der Waals surface area contributed by atoms with Crippen molar-refractivity contribution in [2.24, 2.45) is 5.16 Å². The van der Waals surface area contributed by atoms with Crippen molar-refractivity contribution in [1.82, 2.24) is 25.4 Å². The second-order valence-electron chi connectivity index (χ2n) is 6.69. The Morgan fingerprint density at radius 2 is 2.12 bits per heavy atom. The largest absolute Gasteiger partial charge is 0.477 e. The van der Waals surface area contributed by atoms with Crippen LogP contribution in [0.25, 0.3) is 0 Å². The molecule has 0 radical (unpaired) electrons. The SMILES string of the molecule is CNc1nnc(SC2=C(C(=O)O)N3C(=O)C(NC(=O)/C(=N\O)c4nc(N)sc4Cl)[C@H]3CC2)s1. The number of carbonyl (C=O) groups excluding carboxylic acids is 2. The predicted molar refractivity (Wildman–Crippen MR) is 122 cm³/mol. The maximum Gasteiger partial charge on any atom is 0.353 e. The topological polar surface area (TPSA) is 196 Å². The van der Waals surface area contributed by atoms with Gasteiger partial charge in [-0.05, 0) is 12.8 Å². The number of thioether (sulfide) groups is 1. The Hall–Kier alpha value is -2.95. The summed E-state index contributed by atoms with van der Waals surface area (Å²) in [5, 5.41) is 35.9. The highest BCUT2D eigenvalue weighted by atomic mass is 35.5. The first-order valence-electron chi connectivity index (χ1n) is 9.18. The number of nitrogens with zero attached hydrogens (tertiary/aromatic N) is 5. The Morgan fingerprint density at radius 1 is 1.36 bits per heavy atom. The van der Waals surface area contributed by atoms with Gasteiger partial charge in [0, 0.05) is 12.0 Å². The van der Waals surface area contributed by atoms with Crippen molar-refractivity contribution in [1.29, 1.82) is 0 Å². The maximum atomic E-state index is 12.8. The fraction of sp³-hybridized carbons (Fsp3) is 0.312. The number of amides is 2. The Bertz CT molecular complexity index is 1210. The van der Waals surface area contributed by atoms with Gasteiger partial charge in [-0.3, -0.25) is 14.5 Å². The van der Waals surface area contributed by atoms with Gasteiger partial charge in [-0.2, -0.15) is 0 Å². The molecule has 33 heavy (non-hydrogen) atoms. The van der Waals surface area contributed by atoms with Crippen LogP contribution in [0.15, 0.2) is 20.1 Å². The average Bonchev–Trinajstić information content (AvgIpc) is 3.37. The van der Waals surface area contributed by atoms with Gasteiger partial charge in [0.1, 0.15) is 21.8 Å². The minimum absolute atomic E-state index is 0.0468. The number of aliphatic carboxylic acids is 1. The zero-order valence-corrected chi connectivity index (χ0v) is 19.8. The number of carboxylic acid groups (broad SMARTS) is 1. The third-order valence-electron chi connectivity index (χ3n) is 4.85. The number of anilines is 2. The number of hydrogen-bond donors (Lipinski definition) is 5. The van der Waals surface area contributed by atoms with Crippen LogP contribution in [0.5, 0.6) is 0 Å². The van der Waals surface area contributed by atoms with Gasteiger partial charge in [0.2, 0.25) is 5.13 Å². The van der Waals surface area contributed by atoms with Crippen molar-refractivity contribution < 1.29 is 24.7 Å². The quantitative estimate of drug-likeness (QED) is 0.148. The highest BCUT2D eigenvalue weighted by Gasteiger charge is 2.54. The third-order valence-corrected chi connectivity index (χ3v) is 8.07. The number of hydrogen-bond acceptors (Lipinski definition) is 13. The lowest BCUT2D eigenvalue weighted by molar-refractivity contribution is -0.155. The van der Waals surface area contributed by atoms with Crippen molar-refractivity contribution in [3.63, 3.8) is 0 Å². The molecule has 2 aliphatic heterocycles. The van der Waals surface area contributed by atoms with Gasteiger partial charge < -0.3 is 26.7 Å². The van der Waals surface area contributed by atoms with Gasteiger partial charge in [0.05, 0.1) is 6.04 Å². The normalized spacial score (nSPS) is 20.4. The van der Waals surface area contributed by atoms with Crippen LogP contribution in [0.1, 0.15) is 18.5 Å². The van der Waals surface area contributed by atoms with E-state index in [0.29, 0.717) is 27.2 Å². The van der Waals surface area contributed by atoms with Crippen molar-refractivity contribution in [3.05, 3.63) is 20.6 Å². The molecule has 1 fully saturated rings. The van der Waals surface area contributed by atoms with Crippen LogP contribution in [0.3, 0.4) is 0 Å². The summed E-state index contributed by atoms with van der Waals surface area (Å²) in [6.45, 7) is 0. The highest BCUT2D eigenvalue weighted by Crippen LogP contribution is 2.44. The van der Waals surface area contributed by atoms with Crippen LogP contribution >= 0.6 is 46.0 Å². The molecule has 1 saturated heterocycles. The number of thiazole rings is 1. The summed E-state index contributed by atoms with van der Waals surface area (Å²) in [6, 6.07) is -1.57. The first kappa shape index (κ1) is 23.2. The molecule has 2 aliphatic rings. The average molecular weight is 531 g/mol. The van der Waals surface area contributed by atoms with E-state index < -0.39 is 35.6 Å². The fourth-order valence-electron chi connectivity index (χ4n) is 3.46. The molecule has 2 aromatic rings. The molecule has 2 aromatic heterocycles. The monoisotopic (exact) mass is 530 g/mol. The van der Waals surface area contributed by atoms with Gasteiger partial charge >= 0.3 is 5.97 Å². The second-order valence-corrected chi connectivity index (χ2v) is 10.6. The summed E-state index contributed by atoms with van der Waals surface area (Å²) >= 11 is 9.27. The molecule has 4 heterocycles. The fourth-order valence-corrected chi connectivity index (χ4v) is 6.32. The molecule has 2 amide bonds. The van der Waals surface area contributed by atoms with E-state index in [4.69, 9.17) is 17.3 Å². The zero-order chi connectivity index (χ0) is 23.9. The zero-order valence-electron chi connectivity index (χ0n) is 16.6. The van der Waals surface area contributed by atoms with E-state index in [2.05, 4.69) is 31.0 Å². The molecule has 0 saturated carbocycles. The molecular weight excluding hydrogens is 516 g/mol. The summed E-state index contributed by atoms with van der Waals surface area (Å²) in [5.74, 6) is -2.75. The molecule has 0 aromatic carbocycles. The van der Waals surface area contributed by atoms with Gasteiger partial charge in [-0.1, -0.05) is 51.2 Å². The Kier molecular flexibility index (Phi) is 6.42. The number of oxime groups is 1. The van der Waals surface area contributed by atoms with Crippen molar-refractivity contribution >= 4 is 79.8 Å². The van der Waals surface area contributed by atoms with Crippen molar-refractivity contribution in [3.8, 4) is 0 Å². The van der Waals surface area contributed by atoms with E-state index in [-0.39, 0.29) is 20.9 Å². The first-order valence-corrected chi connectivity index (χ1v) is 12.0. The summed E-state index contributed by atoms with van der Waals surface area (Å²) < 4.78 is 0.582. The van der Waals surface area contributed by atoms with Gasteiger partial charge in [0.15, 0.2) is 15.2 Å². The minimum Gasteiger partial charge on any atom is -0.477 e. The van der Waals surface area contributed by atoms with Crippen LogP contribution in [-0.4, -0.2) is 73.0 Å². The maximum absolute atomic E-state index is 12.8. The summed E-state index contributed by atoms with van der Waals surface area (Å²) in [4.78, 5) is 42.9. The Morgan fingerprint density at radius 3 is 2.70 bits per heavy atom. The summed E-state index contributed by atoms with van der Waals surface area (Å²) in [5.41, 5.74) is 4.79. The molecule has 13 nitrogen and oxygen atoms in total. The predicted octanol–water partition coefficient (Wildman–Crippen LogP) is 1.03. The lowest BCUT2D eigenvalue weighted by atomic mass is 9.86. The van der Waals surface area contributed by atoms with E-state index in [1.807, 2.05) is 0 Å². The number of aromatic nitrogens is 3. The lowest BCUT2D eigenvalue weighted by Crippen LogP contribution is -2.72. The van der Waals surface area contributed by atoms with E-state index in [9.17, 15) is 24.7 Å². The molecule has 0 bridgehead atoms. The molecule has 6 N–H and O–H groups in total. The molecule has 0 spiro atoms. The number of nitrogens with one attached hydrogen (secondary N) is 2. The third kappa shape index (κ3) is 4.21. The number of β-lactam (4-membered cyclic amide) rings is 1. The molecular formula is C16H15ClN8O5S3. The van der Waals surface area contributed by atoms with Crippen LogP contribution in [0.4, 0.5) is 10.3 Å². The lowest BCUT2D eigenvalue weighted by Gasteiger charge is -2.49. The number of carbonyl (C=O) groups is 3. The van der Waals surface area contributed by atoms with Crippen molar-refractivity contribution in [2.45, 2.75) is 29.3 Å². The molecule has 0 aliphatic carbocycles. The molecule has 17 heteroatoms. The molecule has 1 unspecified atom stereocenters. The highest BCUT2D eigenvalue weighted by molar-refractivity contribution is 8.04. The number of halogens is 1. The summed E-state index contributed by atoms with van der Waals surface area (Å²) in [6.07, 6.45) is 0.764. The first-order chi connectivity index (χ1) is 15.7. The Balaban J connectivity index is 1.52. The molecule has 4 rings (SSSR count). The standard InChI is InChI=1S/C16H15ClN8O5S3/c1-19-15-22-23-16(33-15)31-5-3-2-4-6(12(27)25(4)9(5)13(28)29)20-11(26)8(24-30)7-10(17)32-14(18)21-7/h4,6,30H,2-3H2,1H3,(H2,18,21)(H,19,22)(H,20,26)(H,28,29)/b24-8-/t4-,6?/m1/s1. The van der Waals surface area contributed by atoms with Gasteiger partial charge in [-0.25, -0.2) is 9.78 Å².